The lowest BCUT2D eigenvalue weighted by Crippen LogP contribution is -2.29. The van der Waals surface area contributed by atoms with Gasteiger partial charge >= 0.3 is 0 Å². The van der Waals surface area contributed by atoms with Gasteiger partial charge in [-0.3, -0.25) is 4.79 Å². The van der Waals surface area contributed by atoms with Crippen molar-refractivity contribution < 1.29 is 4.79 Å². The third-order valence-corrected chi connectivity index (χ3v) is 4.11. The molecule has 0 aliphatic carbocycles. The number of thiophene rings is 1. The molecule has 0 unspecified atom stereocenters. The van der Waals surface area contributed by atoms with Gasteiger partial charge in [-0.2, -0.15) is 0 Å². The Kier molecular flexibility index (Phi) is 3.83. The summed E-state index contributed by atoms with van der Waals surface area (Å²) in [5.74, 6) is 0.0366. The summed E-state index contributed by atoms with van der Waals surface area (Å²) in [6.45, 7) is 1.65. The van der Waals surface area contributed by atoms with Crippen molar-refractivity contribution in [2.45, 2.75) is 6.42 Å². The van der Waals surface area contributed by atoms with E-state index in [1.807, 2.05) is 52.8 Å². The molecule has 1 aliphatic heterocycles. The highest BCUT2D eigenvalue weighted by molar-refractivity contribution is 7.10. The molecule has 4 heteroatoms. The van der Waals surface area contributed by atoms with Gasteiger partial charge in [0.2, 0.25) is 0 Å². The van der Waals surface area contributed by atoms with Crippen molar-refractivity contribution in [3.05, 3.63) is 52.7 Å². The molecule has 0 saturated heterocycles. The quantitative estimate of drug-likeness (QED) is 0.854. The minimum Gasteiger partial charge on any atom is -0.383 e. The van der Waals surface area contributed by atoms with Crippen molar-refractivity contribution >= 4 is 34.7 Å². The Bertz CT molecular complexity index is 619. The van der Waals surface area contributed by atoms with Crippen LogP contribution in [0.15, 0.2) is 47.9 Å². The second kappa shape index (κ2) is 5.92. The van der Waals surface area contributed by atoms with Gasteiger partial charge in [0.25, 0.3) is 5.91 Å². The Morgan fingerprint density at radius 1 is 1.25 bits per heavy atom. The van der Waals surface area contributed by atoms with E-state index in [0.717, 1.165) is 35.8 Å². The maximum Gasteiger partial charge on any atom is 0.251 e. The first kappa shape index (κ1) is 12.9. The molecule has 1 aromatic carbocycles. The SMILES string of the molecule is O=C(/C=C/c1cccs1)N1CCCNc2ccccc21. The van der Waals surface area contributed by atoms with Gasteiger partial charge in [0.05, 0.1) is 11.4 Å². The van der Waals surface area contributed by atoms with Crippen LogP contribution in [0.2, 0.25) is 0 Å². The Balaban J connectivity index is 1.84. The molecule has 20 heavy (non-hydrogen) atoms. The van der Waals surface area contributed by atoms with Gasteiger partial charge in [-0.1, -0.05) is 18.2 Å². The normalized spacial score (nSPS) is 14.7. The van der Waals surface area contributed by atoms with Crippen LogP contribution in [0, 0.1) is 0 Å². The Morgan fingerprint density at radius 3 is 3.00 bits per heavy atom. The number of anilines is 2. The molecule has 1 aromatic heterocycles. The van der Waals surface area contributed by atoms with Crippen molar-refractivity contribution in [3.8, 4) is 0 Å². The van der Waals surface area contributed by atoms with Crippen molar-refractivity contribution in [3.63, 3.8) is 0 Å². The summed E-state index contributed by atoms with van der Waals surface area (Å²) >= 11 is 1.63. The summed E-state index contributed by atoms with van der Waals surface area (Å²) in [6, 6.07) is 12.0. The number of nitrogens with zero attached hydrogens (tertiary/aromatic N) is 1. The van der Waals surface area contributed by atoms with E-state index in [2.05, 4.69) is 5.32 Å². The van der Waals surface area contributed by atoms with E-state index in [1.54, 1.807) is 17.4 Å². The average Bonchev–Trinajstić information content (AvgIpc) is 2.90. The van der Waals surface area contributed by atoms with Crippen LogP contribution in [-0.4, -0.2) is 19.0 Å². The largest absolute Gasteiger partial charge is 0.383 e. The monoisotopic (exact) mass is 284 g/mol. The van der Waals surface area contributed by atoms with Crippen LogP contribution >= 0.6 is 11.3 Å². The number of nitrogens with one attached hydrogen (secondary N) is 1. The molecule has 2 heterocycles. The van der Waals surface area contributed by atoms with Crippen molar-refractivity contribution in [2.24, 2.45) is 0 Å². The van der Waals surface area contributed by atoms with E-state index in [9.17, 15) is 4.79 Å². The molecule has 0 saturated carbocycles. The molecular weight excluding hydrogens is 268 g/mol. The van der Waals surface area contributed by atoms with E-state index in [4.69, 9.17) is 0 Å². The summed E-state index contributed by atoms with van der Waals surface area (Å²) < 4.78 is 0. The van der Waals surface area contributed by atoms with Gasteiger partial charge < -0.3 is 10.2 Å². The maximum atomic E-state index is 12.4. The predicted octanol–water partition coefficient (Wildman–Crippen LogP) is 3.61. The smallest absolute Gasteiger partial charge is 0.251 e. The maximum absolute atomic E-state index is 12.4. The number of carbonyl (C=O) groups excluding carboxylic acids is 1. The zero-order valence-corrected chi connectivity index (χ0v) is 11.9. The van der Waals surface area contributed by atoms with Crippen LogP contribution in [0.4, 0.5) is 11.4 Å². The van der Waals surface area contributed by atoms with Crippen molar-refractivity contribution in [1.29, 1.82) is 0 Å². The van der Waals surface area contributed by atoms with Gasteiger partial charge in [-0.05, 0) is 36.1 Å². The number of rotatable bonds is 2. The minimum absolute atomic E-state index is 0.0366. The Morgan fingerprint density at radius 2 is 2.15 bits per heavy atom. The molecule has 1 N–H and O–H groups in total. The number of amides is 1. The second-order valence-corrected chi connectivity index (χ2v) is 5.62. The Hall–Kier alpha value is -2.07. The van der Waals surface area contributed by atoms with Crippen LogP contribution in [0.3, 0.4) is 0 Å². The van der Waals surface area contributed by atoms with Crippen LogP contribution in [0.1, 0.15) is 11.3 Å². The number of benzene rings is 1. The van der Waals surface area contributed by atoms with E-state index in [-0.39, 0.29) is 5.91 Å². The van der Waals surface area contributed by atoms with Crippen LogP contribution < -0.4 is 10.2 Å². The third-order valence-electron chi connectivity index (χ3n) is 3.27. The number of fused-ring (bicyclic) bond motifs is 1. The van der Waals surface area contributed by atoms with E-state index in [1.165, 1.54) is 0 Å². The zero-order chi connectivity index (χ0) is 13.8. The zero-order valence-electron chi connectivity index (χ0n) is 11.1. The van der Waals surface area contributed by atoms with Gasteiger partial charge in [0, 0.05) is 24.0 Å². The number of hydrogen-bond acceptors (Lipinski definition) is 3. The molecule has 0 spiro atoms. The predicted molar refractivity (Wildman–Crippen MR) is 85.3 cm³/mol. The number of para-hydroxylation sites is 2. The first-order valence-electron chi connectivity index (χ1n) is 6.70. The summed E-state index contributed by atoms with van der Waals surface area (Å²) in [7, 11) is 0. The molecule has 1 amide bonds. The highest BCUT2D eigenvalue weighted by Gasteiger charge is 2.18. The molecule has 0 radical (unpaired) electrons. The standard InChI is InChI=1S/C16H16N2OS/c19-16(9-8-13-5-3-12-20-13)18-11-4-10-17-14-6-1-2-7-15(14)18/h1-3,5-9,12,17H,4,10-11H2/b9-8+. The van der Waals surface area contributed by atoms with Crippen molar-refractivity contribution in [1.82, 2.24) is 0 Å². The van der Waals surface area contributed by atoms with E-state index < -0.39 is 0 Å². The van der Waals surface area contributed by atoms with Gasteiger partial charge in [-0.25, -0.2) is 0 Å². The van der Waals surface area contributed by atoms with Gasteiger partial charge in [-0.15, -0.1) is 11.3 Å². The molecule has 0 bridgehead atoms. The molecule has 2 aromatic rings. The topological polar surface area (TPSA) is 32.3 Å². The van der Waals surface area contributed by atoms with E-state index >= 15 is 0 Å². The summed E-state index contributed by atoms with van der Waals surface area (Å²) in [6.07, 6.45) is 4.50. The number of hydrogen-bond donors (Lipinski definition) is 1. The first-order valence-corrected chi connectivity index (χ1v) is 7.58. The lowest BCUT2D eigenvalue weighted by Gasteiger charge is -2.20. The summed E-state index contributed by atoms with van der Waals surface area (Å²) in [5, 5.41) is 5.37. The third kappa shape index (κ3) is 2.75. The van der Waals surface area contributed by atoms with Gasteiger partial charge in [0.15, 0.2) is 0 Å². The average molecular weight is 284 g/mol. The molecule has 3 nitrogen and oxygen atoms in total. The van der Waals surface area contributed by atoms with Crippen molar-refractivity contribution in [2.75, 3.05) is 23.3 Å². The van der Waals surface area contributed by atoms with Crippen LogP contribution in [0.25, 0.3) is 6.08 Å². The molecule has 0 atom stereocenters. The molecular formula is C16H16N2OS. The first-order chi connectivity index (χ1) is 9.84. The second-order valence-electron chi connectivity index (χ2n) is 4.64. The fourth-order valence-corrected chi connectivity index (χ4v) is 2.92. The fourth-order valence-electron chi connectivity index (χ4n) is 2.30. The fraction of sp³-hybridized carbons (Fsp3) is 0.188. The van der Waals surface area contributed by atoms with Crippen LogP contribution in [-0.2, 0) is 4.79 Å². The minimum atomic E-state index is 0.0366. The molecule has 3 rings (SSSR count). The summed E-state index contributed by atoms with van der Waals surface area (Å²) in [4.78, 5) is 15.4. The highest BCUT2D eigenvalue weighted by Crippen LogP contribution is 2.28. The van der Waals surface area contributed by atoms with E-state index in [0.29, 0.717) is 0 Å². The highest BCUT2D eigenvalue weighted by atomic mass is 32.1. The van der Waals surface area contributed by atoms with Crippen LogP contribution in [0.5, 0.6) is 0 Å². The molecule has 0 fully saturated rings. The molecule has 1 aliphatic rings. The van der Waals surface area contributed by atoms with Gasteiger partial charge in [0.1, 0.15) is 0 Å². The Labute approximate surface area is 122 Å². The number of carbonyl (C=O) groups is 1. The lowest BCUT2D eigenvalue weighted by atomic mass is 10.2. The molecule has 102 valence electrons. The summed E-state index contributed by atoms with van der Waals surface area (Å²) in [5.41, 5.74) is 1.99. The lowest BCUT2D eigenvalue weighted by molar-refractivity contribution is -0.114.